The van der Waals surface area contributed by atoms with Crippen LogP contribution in [0.1, 0.15) is 12.0 Å². The zero-order chi connectivity index (χ0) is 22.1. The molecule has 1 fully saturated rings. The molecular formula is C20H29F3N4O3. The molecule has 1 aliphatic rings. The number of nitrogens with one attached hydrogen (secondary N) is 1. The van der Waals surface area contributed by atoms with Gasteiger partial charge in [0.1, 0.15) is 0 Å². The van der Waals surface area contributed by atoms with E-state index in [4.69, 9.17) is 4.74 Å². The van der Waals surface area contributed by atoms with Crippen LogP contribution in [-0.2, 0) is 20.5 Å². The first kappa shape index (κ1) is 24.1. The number of alkyl halides is 3. The summed E-state index contributed by atoms with van der Waals surface area (Å²) in [5.74, 6) is -0.484. The first-order valence-electron chi connectivity index (χ1n) is 9.84. The van der Waals surface area contributed by atoms with Crippen molar-refractivity contribution in [2.24, 2.45) is 0 Å². The van der Waals surface area contributed by atoms with E-state index in [2.05, 4.69) is 5.32 Å². The minimum absolute atomic E-state index is 0.0227. The fourth-order valence-corrected chi connectivity index (χ4v) is 3.28. The lowest BCUT2D eigenvalue weighted by Crippen LogP contribution is -2.52. The van der Waals surface area contributed by atoms with E-state index in [-0.39, 0.29) is 18.1 Å². The Hall–Kier alpha value is -2.17. The van der Waals surface area contributed by atoms with Crippen molar-refractivity contribution in [3.8, 4) is 0 Å². The predicted octanol–water partition coefficient (Wildman–Crippen LogP) is 1.76. The van der Waals surface area contributed by atoms with Gasteiger partial charge in [0, 0.05) is 46.4 Å². The lowest BCUT2D eigenvalue weighted by molar-refractivity contribution is -0.137. The van der Waals surface area contributed by atoms with Crippen LogP contribution >= 0.6 is 0 Å². The zero-order valence-corrected chi connectivity index (χ0v) is 17.4. The molecule has 7 nitrogen and oxygen atoms in total. The number of piperazine rings is 1. The summed E-state index contributed by atoms with van der Waals surface area (Å²) in [6.45, 7) is 3.66. The molecule has 1 saturated heterocycles. The number of amides is 2. The van der Waals surface area contributed by atoms with Crippen molar-refractivity contribution >= 4 is 17.5 Å². The van der Waals surface area contributed by atoms with Gasteiger partial charge in [-0.3, -0.25) is 19.4 Å². The molecule has 0 bridgehead atoms. The third-order valence-corrected chi connectivity index (χ3v) is 4.89. The number of para-hydroxylation sites is 1. The summed E-state index contributed by atoms with van der Waals surface area (Å²) in [6.07, 6.45) is -3.69. The van der Waals surface area contributed by atoms with Crippen molar-refractivity contribution in [2.75, 3.05) is 71.9 Å². The Morgan fingerprint density at radius 2 is 1.83 bits per heavy atom. The van der Waals surface area contributed by atoms with E-state index in [1.165, 1.54) is 18.2 Å². The number of hydrogen-bond acceptors (Lipinski definition) is 5. The van der Waals surface area contributed by atoms with E-state index < -0.39 is 17.6 Å². The van der Waals surface area contributed by atoms with Gasteiger partial charge in [0.05, 0.1) is 24.3 Å². The number of methoxy groups -OCH3 is 1. The van der Waals surface area contributed by atoms with Crippen molar-refractivity contribution in [3.05, 3.63) is 29.8 Å². The van der Waals surface area contributed by atoms with Crippen LogP contribution < -0.4 is 5.32 Å². The summed E-state index contributed by atoms with van der Waals surface area (Å²) in [6, 6.07) is 4.90. The minimum atomic E-state index is -4.54. The van der Waals surface area contributed by atoms with Crippen LogP contribution in [0.2, 0.25) is 0 Å². The van der Waals surface area contributed by atoms with Gasteiger partial charge in [-0.1, -0.05) is 12.1 Å². The Morgan fingerprint density at radius 3 is 2.47 bits per heavy atom. The molecule has 0 saturated carbocycles. The summed E-state index contributed by atoms with van der Waals surface area (Å²) >= 11 is 0. The molecule has 0 radical (unpaired) electrons. The van der Waals surface area contributed by atoms with Gasteiger partial charge < -0.3 is 15.0 Å². The van der Waals surface area contributed by atoms with Crippen molar-refractivity contribution < 1.29 is 27.5 Å². The molecule has 1 N–H and O–H groups in total. The highest BCUT2D eigenvalue weighted by Crippen LogP contribution is 2.34. The van der Waals surface area contributed by atoms with Crippen LogP contribution in [0.25, 0.3) is 0 Å². The lowest BCUT2D eigenvalue weighted by Gasteiger charge is -2.35. The van der Waals surface area contributed by atoms with E-state index >= 15 is 0 Å². The van der Waals surface area contributed by atoms with Gasteiger partial charge in [-0.15, -0.1) is 0 Å². The standard InChI is InChI=1S/C20H29F3N4O3/c1-25(8-5-13-30-2)15-19(29)27-11-9-26(10-12-27)14-18(28)24-17-7-4-3-6-16(17)20(21,22)23/h3-4,6-7H,5,8-15H2,1-2H3,(H,24,28). The van der Waals surface area contributed by atoms with Gasteiger partial charge in [-0.2, -0.15) is 13.2 Å². The summed E-state index contributed by atoms with van der Waals surface area (Å²) in [4.78, 5) is 30.1. The molecule has 10 heteroatoms. The molecule has 1 aromatic rings. The maximum Gasteiger partial charge on any atom is 0.418 e. The monoisotopic (exact) mass is 430 g/mol. The van der Waals surface area contributed by atoms with Crippen LogP contribution in [-0.4, -0.2) is 93.1 Å². The Morgan fingerprint density at radius 1 is 1.17 bits per heavy atom. The second-order valence-electron chi connectivity index (χ2n) is 7.33. The number of rotatable bonds is 9. The maximum absolute atomic E-state index is 13.0. The molecule has 0 atom stereocenters. The summed E-state index contributed by atoms with van der Waals surface area (Å²) in [5, 5.41) is 2.35. The normalized spacial score (nSPS) is 15.5. The number of carbonyl (C=O) groups is 2. The van der Waals surface area contributed by atoms with Crippen LogP contribution in [0.5, 0.6) is 0 Å². The summed E-state index contributed by atoms with van der Waals surface area (Å²) < 4.78 is 44.1. The quantitative estimate of drug-likeness (QED) is 0.605. The second kappa shape index (κ2) is 11.3. The molecule has 1 aromatic carbocycles. The van der Waals surface area contributed by atoms with E-state index in [9.17, 15) is 22.8 Å². The largest absolute Gasteiger partial charge is 0.418 e. The molecule has 1 aliphatic heterocycles. The zero-order valence-electron chi connectivity index (χ0n) is 17.4. The SMILES string of the molecule is COCCCN(C)CC(=O)N1CCN(CC(=O)Nc2ccccc2C(F)(F)F)CC1. The Kier molecular flexibility index (Phi) is 9.07. The lowest BCUT2D eigenvalue weighted by atomic mass is 10.1. The molecule has 0 spiro atoms. The summed E-state index contributed by atoms with van der Waals surface area (Å²) in [7, 11) is 3.52. The van der Waals surface area contributed by atoms with E-state index in [0.29, 0.717) is 39.3 Å². The number of benzene rings is 1. The predicted molar refractivity (Wildman–Crippen MR) is 107 cm³/mol. The second-order valence-corrected chi connectivity index (χ2v) is 7.33. The number of halogens is 3. The van der Waals surface area contributed by atoms with Crippen LogP contribution in [0.15, 0.2) is 24.3 Å². The highest BCUT2D eigenvalue weighted by atomic mass is 19.4. The molecule has 0 aliphatic carbocycles. The highest BCUT2D eigenvalue weighted by Gasteiger charge is 2.33. The molecule has 0 unspecified atom stereocenters. The molecule has 0 aromatic heterocycles. The van der Waals surface area contributed by atoms with Gasteiger partial charge in [-0.25, -0.2) is 0 Å². The molecule has 30 heavy (non-hydrogen) atoms. The van der Waals surface area contributed by atoms with Gasteiger partial charge in [0.15, 0.2) is 0 Å². The Labute approximate surface area is 174 Å². The average molecular weight is 430 g/mol. The number of hydrogen-bond donors (Lipinski definition) is 1. The first-order chi connectivity index (χ1) is 14.2. The van der Waals surface area contributed by atoms with Crippen molar-refractivity contribution in [1.82, 2.24) is 14.7 Å². The number of anilines is 1. The van der Waals surface area contributed by atoms with Gasteiger partial charge in [0.25, 0.3) is 0 Å². The van der Waals surface area contributed by atoms with Crippen molar-refractivity contribution in [3.63, 3.8) is 0 Å². The third kappa shape index (κ3) is 7.58. The number of ether oxygens (including phenoxy) is 1. The molecule has 2 amide bonds. The number of nitrogens with zero attached hydrogens (tertiary/aromatic N) is 3. The topological polar surface area (TPSA) is 65.1 Å². The maximum atomic E-state index is 13.0. The Balaban J connectivity index is 1.77. The van der Waals surface area contributed by atoms with E-state index in [0.717, 1.165) is 19.0 Å². The fraction of sp³-hybridized carbons (Fsp3) is 0.600. The fourth-order valence-electron chi connectivity index (χ4n) is 3.28. The Bertz CT molecular complexity index is 707. The van der Waals surface area contributed by atoms with Gasteiger partial charge in [-0.05, 0) is 25.6 Å². The van der Waals surface area contributed by atoms with Crippen molar-refractivity contribution in [1.29, 1.82) is 0 Å². The van der Waals surface area contributed by atoms with Gasteiger partial charge >= 0.3 is 6.18 Å². The summed E-state index contributed by atoms with van der Waals surface area (Å²) in [5.41, 5.74) is -1.12. The number of likely N-dealkylation sites (N-methyl/N-ethyl adjacent to an activating group) is 1. The molecule has 2 rings (SSSR count). The smallest absolute Gasteiger partial charge is 0.385 e. The van der Waals surface area contributed by atoms with Crippen LogP contribution in [0.4, 0.5) is 18.9 Å². The van der Waals surface area contributed by atoms with Crippen molar-refractivity contribution in [2.45, 2.75) is 12.6 Å². The van der Waals surface area contributed by atoms with E-state index in [1.54, 1.807) is 12.0 Å². The minimum Gasteiger partial charge on any atom is -0.385 e. The van der Waals surface area contributed by atoms with Crippen LogP contribution in [0.3, 0.4) is 0 Å². The van der Waals surface area contributed by atoms with E-state index in [1.807, 2.05) is 16.8 Å². The van der Waals surface area contributed by atoms with Crippen LogP contribution in [0, 0.1) is 0 Å². The van der Waals surface area contributed by atoms with Gasteiger partial charge in [0.2, 0.25) is 11.8 Å². The molecule has 168 valence electrons. The first-order valence-corrected chi connectivity index (χ1v) is 9.84. The molecule has 1 heterocycles. The average Bonchev–Trinajstić information content (AvgIpc) is 2.68. The molecular weight excluding hydrogens is 401 g/mol. The highest BCUT2D eigenvalue weighted by molar-refractivity contribution is 5.93. The third-order valence-electron chi connectivity index (χ3n) is 4.89. The number of carbonyl (C=O) groups excluding carboxylic acids is 2.